The van der Waals surface area contributed by atoms with E-state index in [0.29, 0.717) is 12.8 Å². The summed E-state index contributed by atoms with van der Waals surface area (Å²) >= 11 is 0. The predicted octanol–water partition coefficient (Wildman–Crippen LogP) is 3.31. The number of hydrogen-bond donors (Lipinski definition) is 1. The molecule has 0 spiro atoms. The first-order chi connectivity index (χ1) is 8.29. The molecule has 18 heavy (non-hydrogen) atoms. The summed E-state index contributed by atoms with van der Waals surface area (Å²) in [6, 6.07) is 6.70. The van der Waals surface area contributed by atoms with Crippen LogP contribution in [0, 0.1) is 0 Å². The summed E-state index contributed by atoms with van der Waals surface area (Å²) in [6.07, 6.45) is 3.51. The van der Waals surface area contributed by atoms with Gasteiger partial charge in [-0.2, -0.15) is 0 Å². The smallest absolute Gasteiger partial charge is 0.231 e. The number of halogens is 1. The molecule has 0 aromatic heterocycles. The normalized spacial score (nSPS) is 14.1. The lowest BCUT2D eigenvalue weighted by Gasteiger charge is -2.13. The molecule has 0 amide bonds. The van der Waals surface area contributed by atoms with Crippen LogP contribution in [0.15, 0.2) is 18.2 Å². The van der Waals surface area contributed by atoms with E-state index in [0.717, 1.165) is 24.5 Å². The van der Waals surface area contributed by atoms with Gasteiger partial charge < -0.3 is 14.8 Å². The zero-order valence-corrected chi connectivity index (χ0v) is 12.8. The van der Waals surface area contributed by atoms with Crippen LogP contribution in [0.1, 0.15) is 32.3 Å². The Kier molecular flexibility index (Phi) is 6.50. The highest BCUT2D eigenvalue weighted by Gasteiger charge is 2.13. The third-order valence-electron chi connectivity index (χ3n) is 3.00. The van der Waals surface area contributed by atoms with Gasteiger partial charge >= 0.3 is 0 Å². The highest BCUT2D eigenvalue weighted by Crippen LogP contribution is 2.32. The maximum Gasteiger partial charge on any atom is 0.231 e. The van der Waals surface area contributed by atoms with E-state index in [9.17, 15) is 0 Å². The van der Waals surface area contributed by atoms with Gasteiger partial charge in [0, 0.05) is 6.04 Å². The molecule has 4 heteroatoms. The molecule has 0 saturated heterocycles. The Labute approximate surface area is 120 Å². The first-order valence-electron chi connectivity index (χ1n) is 6.41. The zero-order valence-electron chi connectivity index (χ0n) is 11.1. The molecule has 1 N–H and O–H groups in total. The van der Waals surface area contributed by atoms with Gasteiger partial charge in [0.25, 0.3) is 0 Å². The Morgan fingerprint density at radius 3 is 2.83 bits per heavy atom. The Morgan fingerprint density at radius 1 is 1.28 bits per heavy atom. The van der Waals surface area contributed by atoms with Crippen LogP contribution in [-0.4, -0.2) is 19.4 Å². The highest BCUT2D eigenvalue weighted by molar-refractivity contribution is 8.93. The minimum atomic E-state index is 0. The van der Waals surface area contributed by atoms with Crippen molar-refractivity contribution < 1.29 is 9.47 Å². The summed E-state index contributed by atoms with van der Waals surface area (Å²) in [5, 5.41) is 3.53. The average Bonchev–Trinajstić information content (AvgIpc) is 2.76. The van der Waals surface area contributed by atoms with Crippen LogP contribution in [0.2, 0.25) is 0 Å². The lowest BCUT2D eigenvalue weighted by Crippen LogP contribution is -2.28. The van der Waals surface area contributed by atoms with Gasteiger partial charge in [-0.1, -0.05) is 19.4 Å². The maximum atomic E-state index is 5.38. The number of unbranched alkanes of at least 4 members (excludes halogenated alkanes) is 1. The molecule has 0 radical (unpaired) electrons. The third-order valence-corrected chi connectivity index (χ3v) is 3.00. The maximum absolute atomic E-state index is 5.38. The molecule has 102 valence electrons. The quantitative estimate of drug-likeness (QED) is 0.817. The fourth-order valence-corrected chi connectivity index (χ4v) is 2.02. The summed E-state index contributed by atoms with van der Waals surface area (Å²) in [7, 11) is 0. The standard InChI is InChI=1S/C14H21NO2.BrH/c1-3-4-7-15-11(2)8-12-5-6-13-14(9-12)17-10-16-13;/h5-6,9,11,15H,3-4,7-8,10H2,1-2H3;1H. The number of fused-ring (bicyclic) bond motifs is 1. The fourth-order valence-electron chi connectivity index (χ4n) is 2.02. The van der Waals surface area contributed by atoms with E-state index < -0.39 is 0 Å². The van der Waals surface area contributed by atoms with Gasteiger partial charge in [0.15, 0.2) is 11.5 Å². The molecule has 1 aromatic carbocycles. The van der Waals surface area contributed by atoms with Crippen molar-refractivity contribution in [1.82, 2.24) is 5.32 Å². The van der Waals surface area contributed by atoms with Crippen molar-refractivity contribution in [2.45, 2.75) is 39.2 Å². The fraction of sp³-hybridized carbons (Fsp3) is 0.571. The van der Waals surface area contributed by atoms with Crippen LogP contribution in [0.25, 0.3) is 0 Å². The molecule has 1 unspecified atom stereocenters. The zero-order chi connectivity index (χ0) is 12.1. The Morgan fingerprint density at radius 2 is 2.06 bits per heavy atom. The van der Waals surface area contributed by atoms with Crippen molar-refractivity contribution in [3.63, 3.8) is 0 Å². The molecule has 0 bridgehead atoms. The minimum Gasteiger partial charge on any atom is -0.454 e. The van der Waals surface area contributed by atoms with Gasteiger partial charge in [-0.15, -0.1) is 17.0 Å². The van der Waals surface area contributed by atoms with Crippen molar-refractivity contribution in [1.29, 1.82) is 0 Å². The van der Waals surface area contributed by atoms with E-state index in [4.69, 9.17) is 9.47 Å². The van der Waals surface area contributed by atoms with Crippen LogP contribution in [0.4, 0.5) is 0 Å². The topological polar surface area (TPSA) is 30.5 Å². The van der Waals surface area contributed by atoms with Crippen molar-refractivity contribution >= 4 is 17.0 Å². The highest BCUT2D eigenvalue weighted by atomic mass is 79.9. The number of hydrogen-bond acceptors (Lipinski definition) is 3. The molecular formula is C14H22BrNO2. The van der Waals surface area contributed by atoms with Gasteiger partial charge in [0.1, 0.15) is 0 Å². The molecule has 1 heterocycles. The minimum absolute atomic E-state index is 0. The molecule has 1 aliphatic rings. The first-order valence-corrected chi connectivity index (χ1v) is 6.41. The average molecular weight is 316 g/mol. The van der Waals surface area contributed by atoms with Crippen LogP contribution < -0.4 is 14.8 Å². The van der Waals surface area contributed by atoms with E-state index in [1.807, 2.05) is 6.07 Å². The van der Waals surface area contributed by atoms with Crippen molar-refractivity contribution in [2.24, 2.45) is 0 Å². The van der Waals surface area contributed by atoms with Crippen LogP contribution in [0.5, 0.6) is 11.5 Å². The second-order valence-electron chi connectivity index (χ2n) is 4.60. The molecule has 1 atom stereocenters. The molecule has 0 fully saturated rings. The van der Waals surface area contributed by atoms with E-state index in [2.05, 4.69) is 31.3 Å². The molecule has 2 rings (SSSR count). The van der Waals surface area contributed by atoms with Crippen molar-refractivity contribution in [3.05, 3.63) is 23.8 Å². The van der Waals surface area contributed by atoms with E-state index in [1.54, 1.807) is 0 Å². The van der Waals surface area contributed by atoms with Gasteiger partial charge in [0.2, 0.25) is 6.79 Å². The van der Waals surface area contributed by atoms with Gasteiger partial charge in [-0.05, 0) is 44.0 Å². The monoisotopic (exact) mass is 315 g/mol. The number of rotatable bonds is 6. The third kappa shape index (κ3) is 4.18. The Hall–Kier alpha value is -0.740. The summed E-state index contributed by atoms with van der Waals surface area (Å²) in [5.41, 5.74) is 1.30. The number of ether oxygens (including phenoxy) is 2. The van der Waals surface area contributed by atoms with Gasteiger partial charge in [-0.3, -0.25) is 0 Å². The molecule has 1 aliphatic heterocycles. The molecule has 3 nitrogen and oxygen atoms in total. The SMILES string of the molecule is Br.CCCCNC(C)Cc1ccc2c(c1)OCO2. The van der Waals surface area contributed by atoms with Crippen LogP contribution >= 0.6 is 17.0 Å². The molecule has 1 aromatic rings. The van der Waals surface area contributed by atoms with E-state index in [-0.39, 0.29) is 17.0 Å². The summed E-state index contributed by atoms with van der Waals surface area (Å²) in [5.74, 6) is 1.74. The summed E-state index contributed by atoms with van der Waals surface area (Å²) < 4.78 is 10.7. The second-order valence-corrected chi connectivity index (χ2v) is 4.60. The number of nitrogens with one attached hydrogen (secondary N) is 1. The van der Waals surface area contributed by atoms with Gasteiger partial charge in [-0.25, -0.2) is 0 Å². The first kappa shape index (κ1) is 15.3. The summed E-state index contributed by atoms with van der Waals surface area (Å²) in [6.45, 7) is 5.88. The molecule has 0 aliphatic carbocycles. The summed E-state index contributed by atoms with van der Waals surface area (Å²) in [4.78, 5) is 0. The molecule has 0 saturated carbocycles. The van der Waals surface area contributed by atoms with Crippen LogP contribution in [0.3, 0.4) is 0 Å². The lowest BCUT2D eigenvalue weighted by molar-refractivity contribution is 0.174. The predicted molar refractivity (Wildman–Crippen MR) is 79.0 cm³/mol. The van der Waals surface area contributed by atoms with Crippen LogP contribution in [-0.2, 0) is 6.42 Å². The second kappa shape index (κ2) is 7.64. The van der Waals surface area contributed by atoms with E-state index in [1.165, 1.54) is 18.4 Å². The van der Waals surface area contributed by atoms with Crippen molar-refractivity contribution in [3.8, 4) is 11.5 Å². The van der Waals surface area contributed by atoms with E-state index >= 15 is 0 Å². The van der Waals surface area contributed by atoms with Gasteiger partial charge in [0.05, 0.1) is 0 Å². The Bertz CT molecular complexity index is 371. The molecular weight excluding hydrogens is 294 g/mol. The lowest BCUT2D eigenvalue weighted by atomic mass is 10.1. The number of benzene rings is 1. The Balaban J connectivity index is 0.00000162. The van der Waals surface area contributed by atoms with Crippen molar-refractivity contribution in [2.75, 3.05) is 13.3 Å². The largest absolute Gasteiger partial charge is 0.454 e.